The first kappa shape index (κ1) is 23.7. The average molecular weight is 522 g/mol. The molecule has 1 aromatic heterocycles. The van der Waals surface area contributed by atoms with Crippen molar-refractivity contribution in [3.8, 4) is 17.2 Å². The van der Waals surface area contributed by atoms with E-state index in [1.54, 1.807) is 21.3 Å². The van der Waals surface area contributed by atoms with Crippen LogP contribution >= 0.6 is 15.9 Å². The van der Waals surface area contributed by atoms with Crippen LogP contribution < -0.4 is 19.1 Å². The van der Waals surface area contributed by atoms with E-state index in [0.717, 1.165) is 33.1 Å². The van der Waals surface area contributed by atoms with E-state index in [1.807, 2.05) is 53.3 Å². The summed E-state index contributed by atoms with van der Waals surface area (Å²) in [7, 11) is 5.04. The van der Waals surface area contributed by atoms with Gasteiger partial charge in [-0.25, -0.2) is 4.68 Å². The van der Waals surface area contributed by atoms with E-state index in [4.69, 9.17) is 14.2 Å². The minimum Gasteiger partial charge on any atom is -0.497 e. The molecule has 4 aromatic rings. The van der Waals surface area contributed by atoms with Gasteiger partial charge in [-0.2, -0.15) is 5.10 Å². The molecule has 0 unspecified atom stereocenters. The first-order valence-corrected chi connectivity index (χ1v) is 11.7. The van der Waals surface area contributed by atoms with Crippen molar-refractivity contribution in [2.24, 2.45) is 0 Å². The van der Waals surface area contributed by atoms with Gasteiger partial charge in [0.25, 0.3) is 0 Å². The van der Waals surface area contributed by atoms with Crippen LogP contribution in [0, 0.1) is 0 Å². The highest BCUT2D eigenvalue weighted by Crippen LogP contribution is 2.30. The Morgan fingerprint density at radius 3 is 1.82 bits per heavy atom. The molecule has 3 aromatic carbocycles. The number of halogens is 1. The molecule has 6 nitrogen and oxygen atoms in total. The number of nitrogens with zero attached hydrogens (tertiary/aromatic N) is 3. The van der Waals surface area contributed by atoms with Gasteiger partial charge in [0, 0.05) is 13.1 Å². The van der Waals surface area contributed by atoms with Gasteiger partial charge in [-0.15, -0.1) is 0 Å². The van der Waals surface area contributed by atoms with Crippen LogP contribution in [0.3, 0.4) is 0 Å². The van der Waals surface area contributed by atoms with Crippen LogP contribution in [0.4, 0.5) is 5.82 Å². The van der Waals surface area contributed by atoms with Crippen molar-refractivity contribution in [3.63, 3.8) is 0 Å². The van der Waals surface area contributed by atoms with E-state index >= 15 is 0 Å². The molecule has 0 radical (unpaired) electrons. The van der Waals surface area contributed by atoms with Gasteiger partial charge in [0.1, 0.15) is 23.1 Å². The topological polar surface area (TPSA) is 48.8 Å². The minimum atomic E-state index is 0.625. The molecule has 0 saturated heterocycles. The maximum absolute atomic E-state index is 5.40. The third-order valence-corrected chi connectivity index (χ3v) is 6.16. The summed E-state index contributed by atoms with van der Waals surface area (Å²) in [6, 6.07) is 24.4. The normalized spacial score (nSPS) is 10.7. The smallest absolute Gasteiger partial charge is 0.142 e. The van der Waals surface area contributed by atoms with E-state index < -0.39 is 0 Å². The number of methoxy groups -OCH3 is 3. The number of rotatable bonds is 10. The summed E-state index contributed by atoms with van der Waals surface area (Å²) >= 11 is 3.74. The first-order valence-electron chi connectivity index (χ1n) is 10.9. The summed E-state index contributed by atoms with van der Waals surface area (Å²) in [6.45, 7) is 2.04. The Balaban J connectivity index is 1.67. The molecule has 0 aliphatic heterocycles. The quantitative estimate of drug-likeness (QED) is 0.259. The van der Waals surface area contributed by atoms with Gasteiger partial charge in [0.15, 0.2) is 0 Å². The van der Waals surface area contributed by atoms with E-state index in [2.05, 4.69) is 56.3 Å². The Kier molecular flexibility index (Phi) is 7.75. The molecule has 0 N–H and O–H groups in total. The number of hydrogen-bond acceptors (Lipinski definition) is 5. The van der Waals surface area contributed by atoms with Crippen LogP contribution in [0.1, 0.15) is 16.7 Å². The average Bonchev–Trinajstić information content (AvgIpc) is 3.24. The van der Waals surface area contributed by atoms with Crippen LogP contribution in [0.2, 0.25) is 0 Å². The molecule has 176 valence electrons. The van der Waals surface area contributed by atoms with Gasteiger partial charge >= 0.3 is 0 Å². The monoisotopic (exact) mass is 521 g/mol. The molecule has 0 aliphatic rings. The third-order valence-electron chi connectivity index (χ3n) is 5.60. The highest BCUT2D eigenvalue weighted by atomic mass is 79.9. The largest absolute Gasteiger partial charge is 0.497 e. The van der Waals surface area contributed by atoms with Crippen LogP contribution in [0.15, 0.2) is 83.5 Å². The summed E-state index contributed by atoms with van der Waals surface area (Å²) in [5, 5.41) is 4.67. The molecule has 0 amide bonds. The lowest BCUT2D eigenvalue weighted by Crippen LogP contribution is -2.25. The summed E-state index contributed by atoms with van der Waals surface area (Å²) in [5.41, 5.74) is 3.47. The maximum atomic E-state index is 5.40. The molecule has 0 atom stereocenters. The molecule has 7 heteroatoms. The minimum absolute atomic E-state index is 0.625. The number of aromatic nitrogens is 2. The van der Waals surface area contributed by atoms with Crippen molar-refractivity contribution < 1.29 is 14.2 Å². The molecule has 0 fully saturated rings. The molecule has 1 heterocycles. The fraction of sp³-hybridized carbons (Fsp3) is 0.222. The summed E-state index contributed by atoms with van der Waals surface area (Å²) in [6.07, 6.45) is 1.85. The van der Waals surface area contributed by atoms with Crippen molar-refractivity contribution in [2.45, 2.75) is 19.6 Å². The lowest BCUT2D eigenvalue weighted by atomic mass is 10.1. The Morgan fingerprint density at radius 1 is 0.735 bits per heavy atom. The Bertz CT molecular complexity index is 1160. The molecule has 34 heavy (non-hydrogen) atoms. The van der Waals surface area contributed by atoms with Gasteiger partial charge in [-0.05, 0) is 69.0 Å². The predicted octanol–water partition coefficient (Wildman–Crippen LogP) is 5.93. The zero-order chi connectivity index (χ0) is 23.9. The number of ether oxygens (including phenoxy) is 3. The lowest BCUT2D eigenvalue weighted by Gasteiger charge is -2.26. The van der Waals surface area contributed by atoms with E-state index in [9.17, 15) is 0 Å². The van der Waals surface area contributed by atoms with Gasteiger partial charge < -0.3 is 19.1 Å². The van der Waals surface area contributed by atoms with Crippen LogP contribution in [0.5, 0.6) is 17.2 Å². The SMILES string of the molecule is COc1ccc(CN(Cc2ccc(OC)cc2)c2c(Br)cnn2Cc2cccc(OC)c2)cc1. The number of anilines is 1. The highest BCUT2D eigenvalue weighted by molar-refractivity contribution is 9.10. The first-order chi connectivity index (χ1) is 16.6. The van der Waals surface area contributed by atoms with E-state index in [0.29, 0.717) is 19.6 Å². The second-order valence-corrected chi connectivity index (χ2v) is 8.73. The fourth-order valence-electron chi connectivity index (χ4n) is 3.84. The van der Waals surface area contributed by atoms with Gasteiger partial charge in [0.2, 0.25) is 0 Å². The zero-order valence-corrected chi connectivity index (χ0v) is 21.2. The van der Waals surface area contributed by atoms with Crippen LogP contribution in [-0.4, -0.2) is 31.1 Å². The fourth-order valence-corrected chi connectivity index (χ4v) is 4.39. The van der Waals surface area contributed by atoms with E-state index in [-0.39, 0.29) is 0 Å². The van der Waals surface area contributed by atoms with Gasteiger partial charge in [0.05, 0.1) is 38.5 Å². The van der Waals surface area contributed by atoms with Gasteiger partial charge in [-0.3, -0.25) is 0 Å². The van der Waals surface area contributed by atoms with Crippen molar-refractivity contribution >= 4 is 21.7 Å². The molecule has 4 rings (SSSR count). The van der Waals surface area contributed by atoms with Crippen LogP contribution in [0.25, 0.3) is 0 Å². The maximum Gasteiger partial charge on any atom is 0.142 e. The zero-order valence-electron chi connectivity index (χ0n) is 19.6. The lowest BCUT2D eigenvalue weighted by molar-refractivity contribution is 0.414. The Labute approximate surface area is 208 Å². The summed E-state index contributed by atoms with van der Waals surface area (Å²) in [5.74, 6) is 3.53. The Hall–Kier alpha value is -3.45. The van der Waals surface area contributed by atoms with Crippen molar-refractivity contribution in [1.82, 2.24) is 9.78 Å². The molecular formula is C27H28BrN3O3. The molecule has 0 saturated carbocycles. The van der Waals surface area contributed by atoms with Gasteiger partial charge in [-0.1, -0.05) is 36.4 Å². The van der Waals surface area contributed by atoms with Crippen molar-refractivity contribution in [3.05, 3.63) is 100 Å². The predicted molar refractivity (Wildman–Crippen MR) is 138 cm³/mol. The molecule has 0 spiro atoms. The highest BCUT2D eigenvalue weighted by Gasteiger charge is 2.18. The number of hydrogen-bond donors (Lipinski definition) is 0. The third kappa shape index (κ3) is 5.72. The second-order valence-electron chi connectivity index (χ2n) is 7.88. The van der Waals surface area contributed by atoms with Crippen molar-refractivity contribution in [2.75, 3.05) is 26.2 Å². The second kappa shape index (κ2) is 11.1. The Morgan fingerprint density at radius 2 is 1.29 bits per heavy atom. The van der Waals surface area contributed by atoms with Crippen LogP contribution in [-0.2, 0) is 19.6 Å². The van der Waals surface area contributed by atoms with Crippen molar-refractivity contribution in [1.29, 1.82) is 0 Å². The molecule has 0 aliphatic carbocycles. The molecular weight excluding hydrogens is 494 g/mol. The number of benzene rings is 3. The van der Waals surface area contributed by atoms with E-state index in [1.165, 1.54) is 11.1 Å². The summed E-state index contributed by atoms with van der Waals surface area (Å²) < 4.78 is 19.0. The standard InChI is InChI=1S/C27H28BrN3O3/c1-32-23-11-7-20(8-12-23)17-30(18-21-9-13-24(33-2)14-10-21)27-26(28)16-29-31(27)19-22-5-4-6-25(15-22)34-3/h4-16H,17-19H2,1-3H3. The summed E-state index contributed by atoms with van der Waals surface area (Å²) in [4.78, 5) is 2.32. The molecule has 0 bridgehead atoms.